The molecule has 0 saturated carbocycles. The maximum atomic E-state index is 12.1. The van der Waals surface area contributed by atoms with Crippen LogP contribution in [0.1, 0.15) is 25.0 Å². The van der Waals surface area contributed by atoms with Crippen molar-refractivity contribution in [2.24, 2.45) is 0 Å². The average Bonchev–Trinajstić information content (AvgIpc) is 2.62. The molecule has 0 radical (unpaired) electrons. The lowest BCUT2D eigenvalue weighted by atomic mass is 10.0. The number of amides is 1. The van der Waals surface area contributed by atoms with Gasteiger partial charge in [0.1, 0.15) is 5.75 Å². The van der Waals surface area contributed by atoms with Crippen molar-refractivity contribution in [3.63, 3.8) is 0 Å². The summed E-state index contributed by atoms with van der Waals surface area (Å²) in [6.07, 6.45) is 0.497. The lowest BCUT2D eigenvalue weighted by Gasteiger charge is -2.19. The highest BCUT2D eigenvalue weighted by Gasteiger charge is 2.15. The number of likely N-dealkylation sites (N-methyl/N-ethyl adjacent to an activating group) is 1. The molecule has 0 atom stereocenters. The second kappa shape index (κ2) is 8.82. The first-order chi connectivity index (χ1) is 12.0. The zero-order chi connectivity index (χ0) is 18.2. The van der Waals surface area contributed by atoms with Crippen LogP contribution in [0.15, 0.2) is 48.5 Å². The lowest BCUT2D eigenvalue weighted by molar-refractivity contribution is -0.384. The Bertz CT molecular complexity index is 727. The molecule has 0 aliphatic carbocycles. The summed E-state index contributed by atoms with van der Waals surface area (Å²) in [5.41, 5.74) is 1.71. The number of non-ortho nitro benzene ring substituents is 1. The van der Waals surface area contributed by atoms with Gasteiger partial charge in [-0.05, 0) is 25.5 Å². The number of nitro groups is 1. The molecule has 6 nitrogen and oxygen atoms in total. The van der Waals surface area contributed by atoms with Gasteiger partial charge in [-0.3, -0.25) is 14.9 Å². The smallest absolute Gasteiger partial charge is 0.269 e. The first kappa shape index (κ1) is 18.4. The zero-order valence-corrected chi connectivity index (χ0v) is 14.5. The van der Waals surface area contributed by atoms with Crippen molar-refractivity contribution in [1.29, 1.82) is 0 Å². The minimum atomic E-state index is -0.431. The van der Waals surface area contributed by atoms with Crippen LogP contribution < -0.4 is 4.74 Å². The highest BCUT2D eigenvalue weighted by Crippen LogP contribution is 2.26. The Hall–Kier alpha value is -2.89. The van der Waals surface area contributed by atoms with E-state index in [9.17, 15) is 14.9 Å². The third-order valence-corrected chi connectivity index (χ3v) is 3.96. The summed E-state index contributed by atoms with van der Waals surface area (Å²) in [6.45, 7) is 4.98. The molecular weight excluding hydrogens is 320 g/mol. The second-order valence-corrected chi connectivity index (χ2v) is 5.57. The molecular formula is C19H22N2O4. The van der Waals surface area contributed by atoms with Crippen LogP contribution in [0.3, 0.4) is 0 Å². The Morgan fingerprint density at radius 2 is 1.80 bits per heavy atom. The fourth-order valence-electron chi connectivity index (χ4n) is 2.58. The molecule has 0 unspecified atom stereocenters. The Labute approximate surface area is 147 Å². The number of nitro benzene ring substituents is 1. The fourth-order valence-corrected chi connectivity index (χ4v) is 2.58. The van der Waals surface area contributed by atoms with Crippen molar-refractivity contribution in [3.8, 4) is 5.75 Å². The molecule has 2 aromatic carbocycles. The third kappa shape index (κ3) is 5.04. The molecule has 0 heterocycles. The van der Waals surface area contributed by atoms with Crippen LogP contribution in [-0.2, 0) is 11.2 Å². The van der Waals surface area contributed by atoms with Crippen molar-refractivity contribution in [2.45, 2.75) is 20.3 Å². The number of ether oxygens (including phenoxy) is 1. The van der Waals surface area contributed by atoms with E-state index in [2.05, 4.69) is 0 Å². The third-order valence-electron chi connectivity index (χ3n) is 3.96. The SMILES string of the molecule is CCN(CC)C(=O)COc1ccc([N+](=O)[O-])cc1Cc1ccccc1. The predicted molar refractivity (Wildman–Crippen MR) is 95.8 cm³/mol. The van der Waals surface area contributed by atoms with E-state index in [1.54, 1.807) is 11.0 Å². The van der Waals surface area contributed by atoms with E-state index in [0.717, 1.165) is 5.56 Å². The molecule has 0 N–H and O–H groups in total. The van der Waals surface area contributed by atoms with Gasteiger partial charge in [-0.2, -0.15) is 0 Å². The number of benzene rings is 2. The molecule has 0 aliphatic heterocycles. The van der Waals surface area contributed by atoms with Crippen molar-refractivity contribution >= 4 is 11.6 Å². The fraction of sp³-hybridized carbons (Fsp3) is 0.316. The van der Waals surface area contributed by atoms with Crippen molar-refractivity contribution < 1.29 is 14.5 Å². The number of carbonyl (C=O) groups excluding carboxylic acids is 1. The average molecular weight is 342 g/mol. The molecule has 2 aromatic rings. The van der Waals surface area contributed by atoms with Crippen LogP contribution >= 0.6 is 0 Å². The van der Waals surface area contributed by atoms with E-state index < -0.39 is 4.92 Å². The van der Waals surface area contributed by atoms with Gasteiger partial charge in [0.05, 0.1) is 4.92 Å². The van der Waals surface area contributed by atoms with E-state index in [1.807, 2.05) is 44.2 Å². The number of hydrogen-bond donors (Lipinski definition) is 0. The monoisotopic (exact) mass is 342 g/mol. The van der Waals surface area contributed by atoms with Crippen LogP contribution in [0, 0.1) is 10.1 Å². The summed E-state index contributed by atoms with van der Waals surface area (Å²) in [5, 5.41) is 11.1. The van der Waals surface area contributed by atoms with Gasteiger partial charge in [-0.15, -0.1) is 0 Å². The highest BCUT2D eigenvalue weighted by molar-refractivity contribution is 5.77. The number of carbonyl (C=O) groups is 1. The standard InChI is InChI=1S/C19H22N2O4/c1-3-20(4-2)19(22)14-25-18-11-10-17(21(23)24)13-16(18)12-15-8-6-5-7-9-15/h5-11,13H,3-4,12,14H2,1-2H3. The number of hydrogen-bond acceptors (Lipinski definition) is 4. The molecule has 2 rings (SSSR count). The Balaban J connectivity index is 2.21. The number of rotatable bonds is 8. The van der Waals surface area contributed by atoms with Crippen LogP contribution in [0.5, 0.6) is 5.75 Å². The summed E-state index contributed by atoms with van der Waals surface area (Å²) in [6, 6.07) is 14.1. The maximum absolute atomic E-state index is 12.1. The largest absolute Gasteiger partial charge is 0.483 e. The summed E-state index contributed by atoms with van der Waals surface area (Å²) in [7, 11) is 0. The van der Waals surface area contributed by atoms with Crippen LogP contribution in [0.25, 0.3) is 0 Å². The van der Waals surface area contributed by atoms with Crippen LogP contribution in [0.4, 0.5) is 5.69 Å². The van der Waals surface area contributed by atoms with Gasteiger partial charge in [-0.1, -0.05) is 30.3 Å². The molecule has 1 amide bonds. The normalized spacial score (nSPS) is 10.3. The quantitative estimate of drug-likeness (QED) is 0.544. The Kier molecular flexibility index (Phi) is 6.51. The summed E-state index contributed by atoms with van der Waals surface area (Å²) < 4.78 is 5.68. The first-order valence-electron chi connectivity index (χ1n) is 8.27. The van der Waals surface area contributed by atoms with E-state index >= 15 is 0 Å². The molecule has 132 valence electrons. The number of nitrogens with zero attached hydrogens (tertiary/aromatic N) is 2. The lowest BCUT2D eigenvalue weighted by Crippen LogP contribution is -2.34. The second-order valence-electron chi connectivity index (χ2n) is 5.57. The minimum Gasteiger partial charge on any atom is -0.483 e. The topological polar surface area (TPSA) is 72.7 Å². The summed E-state index contributed by atoms with van der Waals surface area (Å²) >= 11 is 0. The van der Waals surface area contributed by atoms with Gasteiger partial charge in [0.25, 0.3) is 11.6 Å². The Morgan fingerprint density at radius 1 is 1.12 bits per heavy atom. The van der Waals surface area contributed by atoms with E-state index in [4.69, 9.17) is 4.74 Å². The Morgan fingerprint density at radius 3 is 2.40 bits per heavy atom. The van der Waals surface area contributed by atoms with Crippen molar-refractivity contribution in [1.82, 2.24) is 4.90 Å². The van der Waals surface area contributed by atoms with E-state index in [-0.39, 0.29) is 18.2 Å². The molecule has 0 spiro atoms. The predicted octanol–water partition coefficient (Wildman–Crippen LogP) is 3.43. The first-order valence-corrected chi connectivity index (χ1v) is 8.27. The molecule has 0 aliphatic rings. The van der Waals surface area contributed by atoms with Crippen molar-refractivity contribution in [2.75, 3.05) is 19.7 Å². The molecule has 25 heavy (non-hydrogen) atoms. The van der Waals surface area contributed by atoms with Gasteiger partial charge in [0, 0.05) is 37.2 Å². The molecule has 0 fully saturated rings. The van der Waals surface area contributed by atoms with Gasteiger partial charge < -0.3 is 9.64 Å². The van der Waals surface area contributed by atoms with Gasteiger partial charge in [-0.25, -0.2) is 0 Å². The molecule has 0 bridgehead atoms. The van der Waals surface area contributed by atoms with Crippen molar-refractivity contribution in [3.05, 3.63) is 69.8 Å². The highest BCUT2D eigenvalue weighted by atomic mass is 16.6. The molecule has 0 aromatic heterocycles. The zero-order valence-electron chi connectivity index (χ0n) is 14.5. The van der Waals surface area contributed by atoms with E-state index in [0.29, 0.717) is 30.8 Å². The van der Waals surface area contributed by atoms with Gasteiger partial charge in [0.15, 0.2) is 6.61 Å². The molecule has 0 saturated heterocycles. The van der Waals surface area contributed by atoms with Gasteiger partial charge in [0.2, 0.25) is 0 Å². The maximum Gasteiger partial charge on any atom is 0.269 e. The van der Waals surface area contributed by atoms with Crippen LogP contribution in [0.2, 0.25) is 0 Å². The molecule has 6 heteroatoms. The van der Waals surface area contributed by atoms with Crippen LogP contribution in [-0.4, -0.2) is 35.4 Å². The minimum absolute atomic E-state index is 0.00773. The van der Waals surface area contributed by atoms with Gasteiger partial charge >= 0.3 is 0 Å². The summed E-state index contributed by atoms with van der Waals surface area (Å²) in [4.78, 5) is 24.4. The summed E-state index contributed by atoms with van der Waals surface area (Å²) in [5.74, 6) is 0.393. The van der Waals surface area contributed by atoms with E-state index in [1.165, 1.54) is 12.1 Å².